The normalized spacial score (nSPS) is 12.5. The predicted molar refractivity (Wildman–Crippen MR) is 54.4 cm³/mol. The molecule has 0 saturated heterocycles. The van der Waals surface area contributed by atoms with Crippen molar-refractivity contribution in [1.82, 2.24) is 0 Å². The van der Waals surface area contributed by atoms with Crippen LogP contribution in [-0.2, 0) is 0 Å². The minimum atomic E-state index is -0.639. The van der Waals surface area contributed by atoms with E-state index in [9.17, 15) is 9.50 Å². The molecule has 0 amide bonds. The van der Waals surface area contributed by atoms with E-state index in [0.717, 1.165) is 5.57 Å². The minimum Gasteiger partial charge on any atom is -0.505 e. The van der Waals surface area contributed by atoms with Crippen molar-refractivity contribution in [1.29, 1.82) is 0 Å². The maximum absolute atomic E-state index is 12.9. The van der Waals surface area contributed by atoms with Crippen LogP contribution in [0.25, 0.3) is 0 Å². The van der Waals surface area contributed by atoms with E-state index in [1.165, 1.54) is 12.1 Å². The molecule has 1 rings (SSSR count). The van der Waals surface area contributed by atoms with Crippen LogP contribution >= 0.6 is 0 Å². The van der Waals surface area contributed by atoms with Crippen molar-refractivity contribution in [3.63, 3.8) is 0 Å². The molecule has 76 valence electrons. The number of phenolic OH excluding ortho intramolecular Hbond substituents is 1. The number of hydrogen-bond donors (Lipinski definition) is 2. The van der Waals surface area contributed by atoms with Gasteiger partial charge < -0.3 is 10.8 Å². The second kappa shape index (κ2) is 4.24. The molecule has 0 heterocycles. The van der Waals surface area contributed by atoms with Gasteiger partial charge in [-0.15, -0.1) is 6.58 Å². The fourth-order valence-corrected chi connectivity index (χ4v) is 1.32. The average Bonchev–Trinajstić information content (AvgIpc) is 2.08. The van der Waals surface area contributed by atoms with E-state index >= 15 is 0 Å². The third-order valence-electron chi connectivity index (χ3n) is 1.99. The molecule has 0 fully saturated rings. The highest BCUT2D eigenvalue weighted by Gasteiger charge is 2.13. The van der Waals surface area contributed by atoms with Crippen LogP contribution in [0.3, 0.4) is 0 Å². The Morgan fingerprint density at radius 3 is 2.86 bits per heavy atom. The average molecular weight is 195 g/mol. The van der Waals surface area contributed by atoms with E-state index in [0.29, 0.717) is 12.0 Å². The highest BCUT2D eigenvalue weighted by Crippen LogP contribution is 2.28. The molecular weight excluding hydrogens is 181 g/mol. The van der Waals surface area contributed by atoms with Gasteiger partial charge >= 0.3 is 0 Å². The molecule has 0 aromatic heterocycles. The number of hydrogen-bond acceptors (Lipinski definition) is 2. The Bertz CT molecular complexity index is 349. The fourth-order valence-electron chi connectivity index (χ4n) is 1.32. The summed E-state index contributed by atoms with van der Waals surface area (Å²) in [4.78, 5) is 0. The van der Waals surface area contributed by atoms with Crippen molar-refractivity contribution in [2.75, 3.05) is 0 Å². The van der Waals surface area contributed by atoms with Crippen LogP contribution < -0.4 is 5.73 Å². The molecule has 3 heteroatoms. The van der Waals surface area contributed by atoms with E-state index in [1.807, 2.05) is 6.92 Å². The van der Waals surface area contributed by atoms with Crippen molar-refractivity contribution < 1.29 is 9.50 Å². The van der Waals surface area contributed by atoms with Crippen LogP contribution in [0, 0.1) is 5.82 Å². The molecular formula is C11H14FNO. The second-order valence-corrected chi connectivity index (χ2v) is 3.45. The molecule has 0 bridgehead atoms. The van der Waals surface area contributed by atoms with E-state index in [2.05, 4.69) is 6.58 Å². The van der Waals surface area contributed by atoms with Crippen LogP contribution in [-0.4, -0.2) is 5.11 Å². The lowest BCUT2D eigenvalue weighted by Crippen LogP contribution is -2.11. The summed E-state index contributed by atoms with van der Waals surface area (Å²) in [6.07, 6.45) is 0.539. The number of benzene rings is 1. The van der Waals surface area contributed by atoms with Crippen molar-refractivity contribution in [3.8, 4) is 5.75 Å². The summed E-state index contributed by atoms with van der Waals surface area (Å²) in [7, 11) is 0. The van der Waals surface area contributed by atoms with Gasteiger partial charge in [0.2, 0.25) is 0 Å². The molecule has 2 nitrogen and oxygen atoms in total. The lowest BCUT2D eigenvalue weighted by atomic mass is 10.0. The van der Waals surface area contributed by atoms with Gasteiger partial charge in [0.25, 0.3) is 0 Å². The Kier molecular flexibility index (Phi) is 3.25. The first-order valence-corrected chi connectivity index (χ1v) is 4.39. The van der Waals surface area contributed by atoms with Crippen molar-refractivity contribution in [3.05, 3.63) is 41.7 Å². The molecule has 0 aliphatic carbocycles. The summed E-state index contributed by atoms with van der Waals surface area (Å²) in [6, 6.07) is 3.95. The molecule has 0 spiro atoms. The Labute approximate surface area is 82.9 Å². The molecule has 0 aliphatic heterocycles. The van der Waals surface area contributed by atoms with E-state index in [-0.39, 0.29) is 5.75 Å². The van der Waals surface area contributed by atoms with Gasteiger partial charge in [-0.1, -0.05) is 17.7 Å². The summed E-state index contributed by atoms with van der Waals surface area (Å²) < 4.78 is 12.9. The first-order valence-electron chi connectivity index (χ1n) is 4.39. The number of para-hydroxylation sites is 1. The van der Waals surface area contributed by atoms with E-state index < -0.39 is 11.9 Å². The molecule has 14 heavy (non-hydrogen) atoms. The van der Waals surface area contributed by atoms with E-state index in [1.54, 1.807) is 6.07 Å². The topological polar surface area (TPSA) is 46.2 Å². The van der Waals surface area contributed by atoms with E-state index in [4.69, 9.17) is 5.73 Å². The van der Waals surface area contributed by atoms with Crippen LogP contribution in [0.2, 0.25) is 0 Å². The van der Waals surface area contributed by atoms with Gasteiger partial charge in [-0.2, -0.15) is 0 Å². The number of nitrogens with two attached hydrogens (primary N) is 1. The van der Waals surface area contributed by atoms with Gasteiger partial charge in [-0.25, -0.2) is 4.39 Å². The largest absolute Gasteiger partial charge is 0.505 e. The fraction of sp³-hybridized carbons (Fsp3) is 0.273. The van der Waals surface area contributed by atoms with Crippen molar-refractivity contribution in [2.45, 2.75) is 19.4 Å². The third-order valence-corrected chi connectivity index (χ3v) is 1.99. The Morgan fingerprint density at radius 1 is 1.64 bits per heavy atom. The molecule has 1 aromatic rings. The van der Waals surface area contributed by atoms with Gasteiger partial charge in [0.15, 0.2) is 11.6 Å². The van der Waals surface area contributed by atoms with Crippen molar-refractivity contribution in [2.24, 2.45) is 5.73 Å². The van der Waals surface area contributed by atoms with Gasteiger partial charge in [-0.3, -0.25) is 0 Å². The number of aromatic hydroxyl groups is 1. The summed E-state index contributed by atoms with van der Waals surface area (Å²) in [5.74, 6) is -0.999. The van der Waals surface area contributed by atoms with Crippen molar-refractivity contribution >= 4 is 0 Å². The zero-order valence-electron chi connectivity index (χ0n) is 8.13. The molecule has 1 aromatic carbocycles. The minimum absolute atomic E-state index is 0.360. The van der Waals surface area contributed by atoms with Gasteiger partial charge in [0.05, 0.1) is 0 Å². The highest BCUT2D eigenvalue weighted by molar-refractivity contribution is 5.36. The van der Waals surface area contributed by atoms with Crippen LogP contribution in [0.1, 0.15) is 24.9 Å². The zero-order chi connectivity index (χ0) is 10.7. The van der Waals surface area contributed by atoms with Gasteiger partial charge in [0, 0.05) is 11.6 Å². The van der Waals surface area contributed by atoms with Crippen LogP contribution in [0.5, 0.6) is 5.75 Å². The second-order valence-electron chi connectivity index (χ2n) is 3.45. The first kappa shape index (κ1) is 10.7. The lowest BCUT2D eigenvalue weighted by Gasteiger charge is -2.13. The summed E-state index contributed by atoms with van der Waals surface area (Å²) >= 11 is 0. The maximum atomic E-state index is 12.9. The molecule has 0 saturated carbocycles. The lowest BCUT2D eigenvalue weighted by molar-refractivity contribution is 0.420. The predicted octanol–water partition coefficient (Wildman–Crippen LogP) is 2.50. The van der Waals surface area contributed by atoms with Crippen LogP contribution in [0.15, 0.2) is 30.4 Å². The summed E-state index contributed by atoms with van der Waals surface area (Å²) in [5, 5.41) is 9.40. The Hall–Kier alpha value is -1.35. The zero-order valence-corrected chi connectivity index (χ0v) is 8.13. The molecule has 0 radical (unpaired) electrons. The first-order chi connectivity index (χ1) is 6.52. The monoisotopic (exact) mass is 195 g/mol. The number of phenols is 1. The standard InChI is InChI=1S/C11H14FNO/c1-7(2)6-10(13)8-4-3-5-9(12)11(8)14/h3-5,10,14H,1,6,13H2,2H3/t10-/m0/s1. The Morgan fingerprint density at radius 2 is 2.29 bits per heavy atom. The summed E-state index contributed by atoms with van der Waals surface area (Å²) in [6.45, 7) is 5.56. The molecule has 1 atom stereocenters. The molecule has 3 N–H and O–H groups in total. The smallest absolute Gasteiger partial charge is 0.165 e. The quantitative estimate of drug-likeness (QED) is 0.728. The molecule has 0 aliphatic rings. The van der Waals surface area contributed by atoms with Gasteiger partial charge in [0.1, 0.15) is 0 Å². The Balaban J connectivity index is 2.95. The SMILES string of the molecule is C=C(C)C[C@H](N)c1cccc(F)c1O. The number of halogens is 1. The molecule has 0 unspecified atom stereocenters. The van der Waals surface area contributed by atoms with Crippen LogP contribution in [0.4, 0.5) is 4.39 Å². The highest BCUT2D eigenvalue weighted by atomic mass is 19.1. The number of rotatable bonds is 3. The van der Waals surface area contributed by atoms with Gasteiger partial charge in [-0.05, 0) is 19.4 Å². The maximum Gasteiger partial charge on any atom is 0.165 e. The summed E-state index contributed by atoms with van der Waals surface area (Å²) in [5.41, 5.74) is 7.11. The third kappa shape index (κ3) is 2.33.